The minimum atomic E-state index is -0.702. The highest BCUT2D eigenvalue weighted by Gasteiger charge is 2.24. The zero-order valence-corrected chi connectivity index (χ0v) is 33.3. The van der Waals surface area contributed by atoms with E-state index in [1.165, 1.54) is 0 Å². The Bertz CT molecular complexity index is 2930. The molecule has 0 aliphatic heterocycles. The molecule has 2 aromatic carbocycles. The van der Waals surface area contributed by atoms with Crippen molar-refractivity contribution in [2.24, 2.45) is 5.73 Å². The van der Waals surface area contributed by atoms with E-state index in [1.807, 2.05) is 89.6 Å². The van der Waals surface area contributed by atoms with Gasteiger partial charge in [-0.25, -0.2) is 0 Å². The molecule has 0 spiro atoms. The first-order chi connectivity index (χ1) is 28.5. The molecule has 292 valence electrons. The van der Waals surface area contributed by atoms with Crippen LogP contribution in [0.25, 0.3) is 11.0 Å². The number of benzene rings is 2. The Morgan fingerprint density at radius 3 is 1.47 bits per heavy atom. The molecule has 6 aromatic heterocycles. The lowest BCUT2D eigenvalue weighted by atomic mass is 10.1. The SMILES string of the molecule is Cc1cc(NC(=O)C(=O)c2cc(Cc3ccc(C#N)cc3)n3ccccc23)sn1.Cc1cc(NC(=O)C(=O)c2cc(Cc3ccc(C(N)=O)cc3)n3ccccc23)sn1. The summed E-state index contributed by atoms with van der Waals surface area (Å²) < 4.78 is 12.0. The second-order valence-electron chi connectivity index (χ2n) is 13.5. The molecule has 8 rings (SSSR count). The summed E-state index contributed by atoms with van der Waals surface area (Å²) in [5.41, 5.74) is 13.6. The van der Waals surface area contributed by atoms with Gasteiger partial charge in [-0.2, -0.15) is 14.0 Å². The van der Waals surface area contributed by atoms with Gasteiger partial charge in [-0.15, -0.1) is 0 Å². The number of amides is 3. The van der Waals surface area contributed by atoms with Gasteiger partial charge in [0.15, 0.2) is 0 Å². The zero-order chi connectivity index (χ0) is 41.6. The highest BCUT2D eigenvalue weighted by Crippen LogP contribution is 2.24. The van der Waals surface area contributed by atoms with Crippen LogP contribution < -0.4 is 16.4 Å². The van der Waals surface area contributed by atoms with E-state index in [1.54, 1.807) is 54.6 Å². The third-order valence-corrected chi connectivity index (χ3v) is 10.8. The third kappa shape index (κ3) is 9.04. The third-order valence-electron chi connectivity index (χ3n) is 9.24. The van der Waals surface area contributed by atoms with E-state index in [0.29, 0.717) is 56.1 Å². The first kappa shape index (κ1) is 39.7. The summed E-state index contributed by atoms with van der Waals surface area (Å²) in [4.78, 5) is 61.9. The fraction of sp³-hybridized carbons (Fsp3) is 0.0909. The van der Waals surface area contributed by atoms with Crippen molar-refractivity contribution in [3.05, 3.63) is 178 Å². The number of aryl methyl sites for hydroxylation is 2. The van der Waals surface area contributed by atoms with Crippen LogP contribution in [0.3, 0.4) is 0 Å². The van der Waals surface area contributed by atoms with Crippen LogP contribution in [-0.2, 0) is 22.4 Å². The molecule has 0 radical (unpaired) electrons. The van der Waals surface area contributed by atoms with Gasteiger partial charge in [-0.05, 0) is 121 Å². The van der Waals surface area contributed by atoms with Gasteiger partial charge in [-0.3, -0.25) is 24.0 Å². The fourth-order valence-electron chi connectivity index (χ4n) is 6.41. The van der Waals surface area contributed by atoms with Crippen LogP contribution in [0.15, 0.2) is 122 Å². The Balaban J connectivity index is 0.000000179. The molecule has 13 nitrogen and oxygen atoms in total. The molecule has 6 heterocycles. The molecular weight excluding hydrogens is 785 g/mol. The first-order valence-electron chi connectivity index (χ1n) is 18.1. The van der Waals surface area contributed by atoms with Gasteiger partial charge in [0, 0.05) is 42.2 Å². The minimum Gasteiger partial charge on any atom is -0.366 e. The van der Waals surface area contributed by atoms with E-state index in [2.05, 4.69) is 25.4 Å². The van der Waals surface area contributed by atoms with Crippen molar-refractivity contribution in [3.8, 4) is 6.07 Å². The van der Waals surface area contributed by atoms with E-state index < -0.39 is 29.3 Å². The molecule has 0 aliphatic rings. The normalized spacial score (nSPS) is 10.7. The number of hydrogen-bond acceptors (Lipinski definition) is 10. The van der Waals surface area contributed by atoms with Crippen molar-refractivity contribution >= 4 is 73.4 Å². The molecule has 0 unspecified atom stereocenters. The number of fused-ring (bicyclic) bond motifs is 2. The number of pyridine rings is 2. The van der Waals surface area contributed by atoms with Crippen molar-refractivity contribution in [2.75, 3.05) is 10.6 Å². The van der Waals surface area contributed by atoms with Crippen molar-refractivity contribution < 1.29 is 24.0 Å². The van der Waals surface area contributed by atoms with Gasteiger partial charge < -0.3 is 25.2 Å². The number of nitrogens with one attached hydrogen (secondary N) is 2. The Morgan fingerprint density at radius 2 is 1.08 bits per heavy atom. The number of rotatable bonds is 11. The molecule has 8 aromatic rings. The van der Waals surface area contributed by atoms with Gasteiger partial charge in [0.05, 0.1) is 45.2 Å². The molecule has 3 amide bonds. The molecule has 0 aliphatic carbocycles. The number of nitrogens with zero attached hydrogens (tertiary/aromatic N) is 5. The summed E-state index contributed by atoms with van der Waals surface area (Å²) in [6.07, 6.45) is 4.81. The van der Waals surface area contributed by atoms with Gasteiger partial charge in [0.25, 0.3) is 23.4 Å². The lowest BCUT2D eigenvalue weighted by Gasteiger charge is -2.04. The fourth-order valence-corrected chi connectivity index (χ4v) is 7.72. The Morgan fingerprint density at radius 1 is 0.644 bits per heavy atom. The highest BCUT2D eigenvalue weighted by atomic mass is 32.1. The average molecular weight is 819 g/mol. The van der Waals surface area contributed by atoms with Crippen LogP contribution in [0.1, 0.15) is 70.5 Å². The topological polar surface area (TPSA) is 194 Å². The second kappa shape index (κ2) is 17.3. The first-order valence-corrected chi connectivity index (χ1v) is 19.7. The molecule has 0 saturated heterocycles. The van der Waals surface area contributed by atoms with Gasteiger partial charge in [-0.1, -0.05) is 36.4 Å². The molecule has 0 fully saturated rings. The number of primary amides is 1. The second-order valence-corrected chi connectivity index (χ2v) is 15.1. The molecule has 0 bridgehead atoms. The van der Waals surface area contributed by atoms with Crippen LogP contribution >= 0.6 is 23.1 Å². The minimum absolute atomic E-state index is 0.332. The number of carbonyl (C=O) groups is 5. The number of nitrogens with two attached hydrogens (primary N) is 1. The number of Topliss-reactive ketones (excluding diaryl/α,β-unsaturated/α-hetero) is 2. The summed E-state index contributed by atoms with van der Waals surface area (Å²) in [6.45, 7) is 3.64. The number of aromatic nitrogens is 4. The van der Waals surface area contributed by atoms with Gasteiger partial charge in [0.1, 0.15) is 10.0 Å². The monoisotopic (exact) mass is 818 g/mol. The number of anilines is 2. The van der Waals surface area contributed by atoms with Crippen LogP contribution in [0.4, 0.5) is 10.0 Å². The zero-order valence-electron chi connectivity index (χ0n) is 31.6. The lowest BCUT2D eigenvalue weighted by molar-refractivity contribution is -0.113. The Labute approximate surface area is 345 Å². The average Bonchev–Trinajstić information content (AvgIpc) is 4.04. The molecule has 0 atom stereocenters. The summed E-state index contributed by atoms with van der Waals surface area (Å²) in [7, 11) is 0. The van der Waals surface area contributed by atoms with E-state index >= 15 is 0 Å². The maximum atomic E-state index is 12.9. The van der Waals surface area contributed by atoms with Crippen molar-refractivity contribution in [3.63, 3.8) is 0 Å². The van der Waals surface area contributed by atoms with E-state index in [-0.39, 0.29) is 0 Å². The van der Waals surface area contributed by atoms with E-state index in [4.69, 9.17) is 11.0 Å². The predicted octanol–water partition coefficient (Wildman–Crippen LogP) is 7.20. The molecule has 4 N–H and O–H groups in total. The number of ketones is 2. The van der Waals surface area contributed by atoms with Crippen molar-refractivity contribution in [2.45, 2.75) is 26.7 Å². The summed E-state index contributed by atoms with van der Waals surface area (Å²) in [5, 5.41) is 15.3. The van der Waals surface area contributed by atoms with Crippen LogP contribution in [-0.4, -0.2) is 46.8 Å². The Hall–Kier alpha value is -7.54. The predicted molar refractivity (Wildman–Crippen MR) is 226 cm³/mol. The molecular formula is C44H34N8O5S2. The van der Waals surface area contributed by atoms with Gasteiger partial charge >= 0.3 is 0 Å². The lowest BCUT2D eigenvalue weighted by Crippen LogP contribution is -2.22. The quantitative estimate of drug-likeness (QED) is 0.0900. The van der Waals surface area contributed by atoms with Crippen LogP contribution in [0.5, 0.6) is 0 Å². The smallest absolute Gasteiger partial charge is 0.297 e. The maximum Gasteiger partial charge on any atom is 0.297 e. The summed E-state index contributed by atoms with van der Waals surface area (Å²) in [5.74, 6) is -3.07. The maximum absolute atomic E-state index is 12.9. The number of carbonyl (C=O) groups excluding carboxylic acids is 5. The van der Waals surface area contributed by atoms with Gasteiger partial charge in [0.2, 0.25) is 5.91 Å². The van der Waals surface area contributed by atoms with E-state index in [9.17, 15) is 24.0 Å². The van der Waals surface area contributed by atoms with Crippen molar-refractivity contribution in [1.29, 1.82) is 5.26 Å². The Kier molecular flexibility index (Phi) is 11.6. The summed E-state index contributed by atoms with van der Waals surface area (Å²) >= 11 is 2.27. The molecule has 0 saturated carbocycles. The van der Waals surface area contributed by atoms with E-state index in [0.717, 1.165) is 57.0 Å². The standard InChI is InChI=1S/C22H18N4O3S.C22H16N4O2S/c1-13-10-19(30-25-13)24-22(29)20(27)17-12-16(26-9-3-2-4-18(17)26)11-14-5-7-15(8-6-14)21(23)28;1-14-10-20(29-25-14)24-22(28)21(27)18-12-17(26-9-3-2-4-19(18)26)11-15-5-7-16(13-23)8-6-15/h2-10,12H,11H2,1H3,(H2,23,28)(H,24,29);2-10,12H,11H2,1H3,(H,24,28). The number of hydrogen-bond donors (Lipinski definition) is 3. The summed E-state index contributed by atoms with van der Waals surface area (Å²) in [6, 6.07) is 34.4. The molecule has 15 heteroatoms. The largest absolute Gasteiger partial charge is 0.366 e. The number of nitriles is 1. The van der Waals surface area contributed by atoms with Crippen molar-refractivity contribution in [1.82, 2.24) is 17.5 Å². The van der Waals surface area contributed by atoms with Crippen LogP contribution in [0.2, 0.25) is 0 Å². The van der Waals surface area contributed by atoms with Crippen LogP contribution in [0, 0.1) is 25.2 Å². The highest BCUT2D eigenvalue weighted by molar-refractivity contribution is 7.10. The molecule has 59 heavy (non-hydrogen) atoms.